The molecule has 2 N–H and O–H groups in total. The van der Waals surface area contributed by atoms with Gasteiger partial charge in [0.1, 0.15) is 17.1 Å². The minimum Gasteiger partial charge on any atom is -0.351 e. The molecule has 0 radical (unpaired) electrons. The number of fused-ring (bicyclic) bond motifs is 1. The number of benzene rings is 1. The van der Waals surface area contributed by atoms with Gasteiger partial charge >= 0.3 is 0 Å². The van der Waals surface area contributed by atoms with E-state index in [1.54, 1.807) is 24.0 Å². The van der Waals surface area contributed by atoms with Crippen molar-refractivity contribution in [2.75, 3.05) is 6.54 Å². The van der Waals surface area contributed by atoms with Crippen molar-refractivity contribution in [1.29, 1.82) is 0 Å². The second-order valence-electron chi connectivity index (χ2n) is 9.07. The van der Waals surface area contributed by atoms with E-state index in [0.717, 1.165) is 31.2 Å². The summed E-state index contributed by atoms with van der Waals surface area (Å²) in [6, 6.07) is 7.45. The quantitative estimate of drug-likeness (QED) is 0.671. The van der Waals surface area contributed by atoms with Gasteiger partial charge in [0.25, 0.3) is 11.8 Å². The van der Waals surface area contributed by atoms with Crippen molar-refractivity contribution in [3.63, 3.8) is 0 Å². The van der Waals surface area contributed by atoms with Gasteiger partial charge in [-0.15, -0.1) is 0 Å². The Morgan fingerprint density at radius 2 is 1.91 bits per heavy atom. The molecule has 1 atom stereocenters. The normalized spacial score (nSPS) is 20.6. The number of carbonyl (C=O) groups is 3. The first-order valence-electron chi connectivity index (χ1n) is 11.5. The molecule has 9 heteroatoms. The molecular formula is C24H30FN5O3. The molecule has 3 amide bonds. The summed E-state index contributed by atoms with van der Waals surface area (Å²) < 4.78 is 14.5. The molecular weight excluding hydrogens is 425 g/mol. The van der Waals surface area contributed by atoms with E-state index in [1.165, 1.54) is 22.9 Å². The summed E-state index contributed by atoms with van der Waals surface area (Å²) in [6.45, 7) is 4.55. The molecule has 2 heterocycles. The zero-order valence-electron chi connectivity index (χ0n) is 19.1. The number of halogens is 1. The van der Waals surface area contributed by atoms with Crippen LogP contribution >= 0.6 is 0 Å². The second kappa shape index (κ2) is 9.33. The van der Waals surface area contributed by atoms with Gasteiger partial charge in [-0.1, -0.05) is 31.9 Å². The number of nitrogens with zero attached hydrogens (tertiary/aromatic N) is 3. The highest BCUT2D eigenvalue weighted by atomic mass is 19.1. The van der Waals surface area contributed by atoms with Crippen LogP contribution in [0.4, 0.5) is 4.39 Å². The molecule has 1 aliphatic carbocycles. The van der Waals surface area contributed by atoms with Gasteiger partial charge in [-0.3, -0.25) is 19.1 Å². The third kappa shape index (κ3) is 4.62. The minimum atomic E-state index is -1.09. The van der Waals surface area contributed by atoms with Gasteiger partial charge in [0.2, 0.25) is 5.91 Å². The van der Waals surface area contributed by atoms with Crippen LogP contribution in [-0.4, -0.2) is 50.5 Å². The average molecular weight is 456 g/mol. The topological polar surface area (TPSA) is 96.3 Å². The summed E-state index contributed by atoms with van der Waals surface area (Å²) >= 11 is 0. The lowest BCUT2D eigenvalue weighted by molar-refractivity contribution is -0.133. The maximum atomic E-state index is 13.3. The fourth-order valence-electron chi connectivity index (χ4n) is 4.61. The standard InChI is InChI=1S/C24H30FN5O3/c1-3-12-29-22(32)20-13-19(21(31)26-14-16-8-10-17(25)11-9-16)28-30(20)15-24(29,2)23(33)27-18-6-4-5-7-18/h8-11,13,18H,3-7,12,14-15H2,1-2H3,(H,26,31)(H,27,33). The van der Waals surface area contributed by atoms with Crippen LogP contribution in [-0.2, 0) is 17.9 Å². The van der Waals surface area contributed by atoms with Gasteiger partial charge in [0.15, 0.2) is 5.69 Å². The summed E-state index contributed by atoms with van der Waals surface area (Å²) in [5.41, 5.74) is 0.0604. The van der Waals surface area contributed by atoms with E-state index in [-0.39, 0.29) is 42.5 Å². The van der Waals surface area contributed by atoms with Gasteiger partial charge in [0, 0.05) is 25.2 Å². The summed E-state index contributed by atoms with van der Waals surface area (Å²) in [4.78, 5) is 40.9. The van der Waals surface area contributed by atoms with E-state index in [0.29, 0.717) is 18.7 Å². The first-order chi connectivity index (χ1) is 15.8. The van der Waals surface area contributed by atoms with E-state index >= 15 is 0 Å². The largest absolute Gasteiger partial charge is 0.351 e. The smallest absolute Gasteiger partial charge is 0.273 e. The van der Waals surface area contributed by atoms with Crippen molar-refractivity contribution in [2.24, 2.45) is 0 Å². The van der Waals surface area contributed by atoms with Gasteiger partial charge in [-0.2, -0.15) is 5.10 Å². The lowest BCUT2D eigenvalue weighted by atomic mass is 9.94. The summed E-state index contributed by atoms with van der Waals surface area (Å²) in [7, 11) is 0. The van der Waals surface area contributed by atoms with E-state index in [1.807, 2.05) is 6.92 Å². The highest BCUT2D eigenvalue weighted by Gasteiger charge is 2.48. The van der Waals surface area contributed by atoms with Crippen LogP contribution in [0, 0.1) is 5.82 Å². The third-order valence-corrected chi connectivity index (χ3v) is 6.52. The van der Waals surface area contributed by atoms with Crippen molar-refractivity contribution in [3.8, 4) is 0 Å². The molecule has 1 saturated carbocycles. The van der Waals surface area contributed by atoms with Crippen LogP contribution in [0.25, 0.3) is 0 Å². The zero-order chi connectivity index (χ0) is 23.6. The fraction of sp³-hybridized carbons (Fsp3) is 0.500. The third-order valence-electron chi connectivity index (χ3n) is 6.52. The number of hydrogen-bond acceptors (Lipinski definition) is 4. The minimum absolute atomic E-state index is 0.109. The molecule has 2 aliphatic rings. The number of hydrogen-bond donors (Lipinski definition) is 2. The first-order valence-corrected chi connectivity index (χ1v) is 11.5. The van der Waals surface area contributed by atoms with Crippen molar-refractivity contribution >= 4 is 17.7 Å². The Bertz CT molecular complexity index is 1040. The Labute approximate surface area is 192 Å². The average Bonchev–Trinajstić information content (AvgIpc) is 3.46. The number of aromatic nitrogens is 2. The predicted octanol–water partition coefficient (Wildman–Crippen LogP) is 2.64. The molecule has 1 aromatic carbocycles. The molecule has 0 spiro atoms. The van der Waals surface area contributed by atoms with Crippen LogP contribution in [0.3, 0.4) is 0 Å². The summed E-state index contributed by atoms with van der Waals surface area (Å²) in [5.74, 6) is -1.27. The Hall–Kier alpha value is -3.23. The first kappa shape index (κ1) is 22.9. The SMILES string of the molecule is CCCN1C(=O)c2cc(C(=O)NCc3ccc(F)cc3)nn2CC1(C)C(=O)NC1CCCC1. The molecule has 1 fully saturated rings. The Kier molecular flexibility index (Phi) is 6.49. The van der Waals surface area contributed by atoms with Gasteiger partial charge < -0.3 is 15.5 Å². The van der Waals surface area contributed by atoms with Crippen LogP contribution in [0.2, 0.25) is 0 Å². The molecule has 33 heavy (non-hydrogen) atoms. The molecule has 2 aromatic rings. The number of rotatable bonds is 7. The fourth-order valence-corrected chi connectivity index (χ4v) is 4.61. The molecule has 0 saturated heterocycles. The van der Waals surface area contributed by atoms with Crippen LogP contribution in [0.15, 0.2) is 30.3 Å². The van der Waals surface area contributed by atoms with E-state index in [4.69, 9.17) is 0 Å². The maximum Gasteiger partial charge on any atom is 0.273 e. The molecule has 4 rings (SSSR count). The van der Waals surface area contributed by atoms with Gasteiger partial charge in [-0.05, 0) is 43.9 Å². The Morgan fingerprint density at radius 3 is 2.58 bits per heavy atom. The van der Waals surface area contributed by atoms with Crippen molar-refractivity contribution in [2.45, 2.75) is 70.6 Å². The van der Waals surface area contributed by atoms with Crippen LogP contribution < -0.4 is 10.6 Å². The molecule has 1 aliphatic heterocycles. The van der Waals surface area contributed by atoms with Gasteiger partial charge in [-0.25, -0.2) is 4.39 Å². The molecule has 8 nitrogen and oxygen atoms in total. The highest BCUT2D eigenvalue weighted by molar-refractivity contribution is 6.01. The maximum absolute atomic E-state index is 13.3. The van der Waals surface area contributed by atoms with Crippen LogP contribution in [0.5, 0.6) is 0 Å². The highest BCUT2D eigenvalue weighted by Crippen LogP contribution is 2.29. The predicted molar refractivity (Wildman–Crippen MR) is 120 cm³/mol. The summed E-state index contributed by atoms with van der Waals surface area (Å²) in [5, 5.41) is 10.2. The lowest BCUT2D eigenvalue weighted by Gasteiger charge is -2.43. The monoisotopic (exact) mass is 455 g/mol. The Morgan fingerprint density at radius 1 is 1.21 bits per heavy atom. The van der Waals surface area contributed by atoms with Crippen molar-refractivity contribution in [3.05, 3.63) is 53.1 Å². The van der Waals surface area contributed by atoms with Crippen LogP contribution in [0.1, 0.15) is 72.5 Å². The van der Waals surface area contributed by atoms with Gasteiger partial charge in [0.05, 0.1) is 6.54 Å². The zero-order valence-corrected chi connectivity index (χ0v) is 19.1. The van der Waals surface area contributed by atoms with Crippen molar-refractivity contribution in [1.82, 2.24) is 25.3 Å². The number of nitrogens with one attached hydrogen (secondary N) is 2. The van der Waals surface area contributed by atoms with E-state index in [2.05, 4.69) is 15.7 Å². The van der Waals surface area contributed by atoms with E-state index in [9.17, 15) is 18.8 Å². The molecule has 1 aromatic heterocycles. The lowest BCUT2D eigenvalue weighted by Crippen LogP contribution is -2.65. The number of carbonyl (C=O) groups excluding carboxylic acids is 3. The van der Waals surface area contributed by atoms with E-state index < -0.39 is 11.4 Å². The molecule has 176 valence electrons. The number of amides is 3. The molecule has 1 unspecified atom stereocenters. The Balaban J connectivity index is 1.53. The second-order valence-corrected chi connectivity index (χ2v) is 9.07. The summed E-state index contributed by atoms with van der Waals surface area (Å²) in [6.07, 6.45) is 4.80. The molecule has 0 bridgehead atoms. The van der Waals surface area contributed by atoms with Crippen molar-refractivity contribution < 1.29 is 18.8 Å².